The topological polar surface area (TPSA) is 35.6 Å². The van der Waals surface area contributed by atoms with Gasteiger partial charge >= 0.3 is 0 Å². The molecule has 1 unspecified atom stereocenters. The molecule has 0 spiro atoms. The van der Waals surface area contributed by atoms with Gasteiger partial charge < -0.3 is 15.1 Å². The Hall–Kier alpha value is -1.55. The molecule has 1 atom stereocenters. The van der Waals surface area contributed by atoms with Crippen molar-refractivity contribution in [1.82, 2.24) is 10.2 Å². The summed E-state index contributed by atoms with van der Waals surface area (Å²) in [4.78, 5) is 17.2. The molecule has 0 bridgehead atoms. The zero-order chi connectivity index (χ0) is 16.1. The average molecular weight is 303 g/mol. The van der Waals surface area contributed by atoms with Crippen LogP contribution in [0.5, 0.6) is 0 Å². The number of aryl methyl sites for hydroxylation is 1. The Morgan fingerprint density at radius 1 is 1.32 bits per heavy atom. The summed E-state index contributed by atoms with van der Waals surface area (Å²) >= 11 is 0. The summed E-state index contributed by atoms with van der Waals surface area (Å²) in [5.41, 5.74) is 3.04. The number of hydrogen-bond donors (Lipinski definition) is 1. The molecule has 0 radical (unpaired) electrons. The largest absolute Gasteiger partial charge is 0.371 e. The first kappa shape index (κ1) is 16.8. The van der Waals surface area contributed by atoms with E-state index in [2.05, 4.69) is 48.3 Å². The monoisotopic (exact) mass is 303 g/mol. The van der Waals surface area contributed by atoms with E-state index in [1.54, 1.807) is 0 Å². The first-order valence-electron chi connectivity index (χ1n) is 8.28. The lowest BCUT2D eigenvalue weighted by atomic mass is 10.1. The number of carbonyl (C=O) groups excluding carboxylic acids is 1. The summed E-state index contributed by atoms with van der Waals surface area (Å²) < 4.78 is 0. The van der Waals surface area contributed by atoms with E-state index in [1.807, 2.05) is 13.0 Å². The first-order chi connectivity index (χ1) is 10.5. The molecule has 1 fully saturated rings. The SMILES string of the molecule is Cc1ccc(N2CCCC2)c(C(=O)NC(C)CCN(C)C)c1. The molecule has 22 heavy (non-hydrogen) atoms. The fourth-order valence-electron chi connectivity index (χ4n) is 2.89. The molecule has 1 heterocycles. The lowest BCUT2D eigenvalue weighted by molar-refractivity contribution is 0.0937. The lowest BCUT2D eigenvalue weighted by Crippen LogP contribution is -2.35. The van der Waals surface area contributed by atoms with Crippen molar-refractivity contribution in [2.45, 2.75) is 39.2 Å². The highest BCUT2D eigenvalue weighted by Crippen LogP contribution is 2.25. The van der Waals surface area contributed by atoms with Crippen molar-refractivity contribution >= 4 is 11.6 Å². The van der Waals surface area contributed by atoms with Crippen LogP contribution in [0.25, 0.3) is 0 Å². The molecule has 1 aromatic carbocycles. The summed E-state index contributed by atoms with van der Waals surface area (Å²) in [6.45, 7) is 7.21. The number of hydrogen-bond acceptors (Lipinski definition) is 3. The van der Waals surface area contributed by atoms with Gasteiger partial charge in [0.2, 0.25) is 0 Å². The smallest absolute Gasteiger partial charge is 0.253 e. The van der Waals surface area contributed by atoms with Crippen LogP contribution in [0, 0.1) is 6.92 Å². The third-order valence-electron chi connectivity index (χ3n) is 4.23. The van der Waals surface area contributed by atoms with Gasteiger partial charge in [-0.2, -0.15) is 0 Å². The molecular weight excluding hydrogens is 274 g/mol. The van der Waals surface area contributed by atoms with Crippen molar-refractivity contribution in [3.05, 3.63) is 29.3 Å². The Labute approximate surface area is 134 Å². The summed E-state index contributed by atoms with van der Waals surface area (Å²) in [5, 5.41) is 3.15. The van der Waals surface area contributed by atoms with Crippen LogP contribution in [0.1, 0.15) is 42.1 Å². The molecule has 0 aromatic heterocycles. The summed E-state index contributed by atoms with van der Waals surface area (Å²) in [6, 6.07) is 6.39. The lowest BCUT2D eigenvalue weighted by Gasteiger charge is -2.23. The number of anilines is 1. The van der Waals surface area contributed by atoms with Crippen molar-refractivity contribution in [3.63, 3.8) is 0 Å². The van der Waals surface area contributed by atoms with Gasteiger partial charge in [0, 0.05) is 24.8 Å². The van der Waals surface area contributed by atoms with Crippen LogP contribution in [0.15, 0.2) is 18.2 Å². The maximum atomic E-state index is 12.7. The van der Waals surface area contributed by atoms with E-state index in [9.17, 15) is 4.79 Å². The van der Waals surface area contributed by atoms with E-state index in [0.717, 1.165) is 42.9 Å². The predicted octanol–water partition coefficient (Wildman–Crippen LogP) is 2.67. The quantitative estimate of drug-likeness (QED) is 0.877. The molecule has 1 aromatic rings. The van der Waals surface area contributed by atoms with Crippen molar-refractivity contribution in [3.8, 4) is 0 Å². The Morgan fingerprint density at radius 2 is 2.00 bits per heavy atom. The van der Waals surface area contributed by atoms with E-state index in [0.29, 0.717) is 0 Å². The van der Waals surface area contributed by atoms with Crippen LogP contribution in [0.4, 0.5) is 5.69 Å². The van der Waals surface area contributed by atoms with Crippen molar-refractivity contribution < 1.29 is 4.79 Å². The van der Waals surface area contributed by atoms with E-state index >= 15 is 0 Å². The minimum atomic E-state index is 0.0526. The number of nitrogens with zero attached hydrogens (tertiary/aromatic N) is 2. The third kappa shape index (κ3) is 4.47. The third-order valence-corrected chi connectivity index (χ3v) is 4.23. The summed E-state index contributed by atoms with van der Waals surface area (Å²) in [6.07, 6.45) is 3.39. The molecule has 1 N–H and O–H groups in total. The second-order valence-corrected chi connectivity index (χ2v) is 6.68. The molecule has 2 rings (SSSR count). The van der Waals surface area contributed by atoms with E-state index in [4.69, 9.17) is 0 Å². The van der Waals surface area contributed by atoms with Gasteiger partial charge in [-0.05, 0) is 65.9 Å². The van der Waals surface area contributed by atoms with Gasteiger partial charge in [0.15, 0.2) is 0 Å². The minimum Gasteiger partial charge on any atom is -0.371 e. The second-order valence-electron chi connectivity index (χ2n) is 6.68. The standard InChI is InChI=1S/C18H29N3O/c1-14-7-8-17(21-10-5-6-11-21)16(13-14)18(22)19-15(2)9-12-20(3)4/h7-8,13,15H,5-6,9-12H2,1-4H3,(H,19,22). The van der Waals surface area contributed by atoms with Gasteiger partial charge in [-0.1, -0.05) is 11.6 Å². The molecule has 122 valence electrons. The Morgan fingerprint density at radius 3 is 2.64 bits per heavy atom. The van der Waals surface area contributed by atoms with Gasteiger partial charge in [0.05, 0.1) is 5.56 Å². The molecule has 1 aliphatic heterocycles. The number of rotatable bonds is 6. The van der Waals surface area contributed by atoms with Gasteiger partial charge in [-0.25, -0.2) is 0 Å². The van der Waals surface area contributed by atoms with Crippen LogP contribution in [0.3, 0.4) is 0 Å². The van der Waals surface area contributed by atoms with Gasteiger partial charge in [0.25, 0.3) is 5.91 Å². The normalized spacial score (nSPS) is 16.1. The van der Waals surface area contributed by atoms with Crippen molar-refractivity contribution in [2.24, 2.45) is 0 Å². The summed E-state index contributed by atoms with van der Waals surface area (Å²) in [7, 11) is 4.11. The molecule has 4 nitrogen and oxygen atoms in total. The van der Waals surface area contributed by atoms with E-state index in [-0.39, 0.29) is 11.9 Å². The minimum absolute atomic E-state index is 0.0526. The Kier molecular flexibility index (Phi) is 5.83. The van der Waals surface area contributed by atoms with Crippen LogP contribution in [-0.4, -0.2) is 50.6 Å². The average Bonchev–Trinajstić information content (AvgIpc) is 2.99. The molecule has 4 heteroatoms. The Balaban J connectivity index is 2.09. The van der Waals surface area contributed by atoms with Crippen molar-refractivity contribution in [2.75, 3.05) is 38.6 Å². The van der Waals surface area contributed by atoms with Crippen LogP contribution in [-0.2, 0) is 0 Å². The maximum absolute atomic E-state index is 12.7. The van der Waals surface area contributed by atoms with Gasteiger partial charge in [-0.3, -0.25) is 4.79 Å². The zero-order valence-corrected chi connectivity index (χ0v) is 14.4. The molecule has 1 amide bonds. The molecule has 1 saturated heterocycles. The fourth-order valence-corrected chi connectivity index (χ4v) is 2.89. The molecule has 0 saturated carbocycles. The number of nitrogens with one attached hydrogen (secondary N) is 1. The van der Waals surface area contributed by atoms with Crippen molar-refractivity contribution in [1.29, 1.82) is 0 Å². The van der Waals surface area contributed by atoms with Crippen LogP contribution >= 0.6 is 0 Å². The molecule has 1 aliphatic rings. The zero-order valence-electron chi connectivity index (χ0n) is 14.4. The highest BCUT2D eigenvalue weighted by molar-refractivity contribution is 6.00. The van der Waals surface area contributed by atoms with E-state index < -0.39 is 0 Å². The van der Waals surface area contributed by atoms with Crippen LogP contribution < -0.4 is 10.2 Å². The molecule has 0 aliphatic carbocycles. The van der Waals surface area contributed by atoms with Gasteiger partial charge in [-0.15, -0.1) is 0 Å². The van der Waals surface area contributed by atoms with E-state index in [1.165, 1.54) is 12.8 Å². The highest BCUT2D eigenvalue weighted by atomic mass is 16.1. The maximum Gasteiger partial charge on any atom is 0.253 e. The van der Waals surface area contributed by atoms with Gasteiger partial charge in [0.1, 0.15) is 0 Å². The number of amides is 1. The first-order valence-corrected chi connectivity index (χ1v) is 8.28. The second kappa shape index (κ2) is 7.63. The fraction of sp³-hybridized carbons (Fsp3) is 0.611. The predicted molar refractivity (Wildman–Crippen MR) is 92.7 cm³/mol. The highest BCUT2D eigenvalue weighted by Gasteiger charge is 2.20. The summed E-state index contributed by atoms with van der Waals surface area (Å²) in [5.74, 6) is 0.0526. The molecular formula is C18H29N3O. The number of carbonyl (C=O) groups is 1. The number of benzene rings is 1. The Bertz CT molecular complexity index is 507. The van der Waals surface area contributed by atoms with Crippen LogP contribution in [0.2, 0.25) is 0 Å².